The molecule has 0 fully saturated rings. The molecule has 2 aromatic rings. The van der Waals surface area contributed by atoms with Crippen LogP contribution >= 0.6 is 0 Å². The Labute approximate surface area is 122 Å². The van der Waals surface area contributed by atoms with Crippen LogP contribution in [0.25, 0.3) is 0 Å². The Morgan fingerprint density at radius 2 is 1.71 bits per heavy atom. The average molecular weight is 279 g/mol. The fourth-order valence-corrected chi connectivity index (χ4v) is 1.75. The second kappa shape index (κ2) is 6.35. The fraction of sp³-hybridized carbons (Fsp3) is 0.0625. The van der Waals surface area contributed by atoms with Crippen molar-refractivity contribution in [2.75, 3.05) is 10.6 Å². The largest absolute Gasteiger partial charge is 0.318 e. The molecule has 2 N–H and O–H groups in total. The lowest BCUT2D eigenvalue weighted by atomic mass is 10.2. The van der Waals surface area contributed by atoms with Crippen LogP contribution in [0.5, 0.6) is 0 Å². The number of carbonyl (C=O) groups excluding carboxylic acids is 2. The van der Waals surface area contributed by atoms with Gasteiger partial charge in [-0.2, -0.15) is 5.26 Å². The minimum absolute atomic E-state index is 0.402. The van der Waals surface area contributed by atoms with E-state index in [0.717, 1.165) is 5.56 Å². The molecule has 0 heterocycles. The second-order valence-corrected chi connectivity index (χ2v) is 4.42. The van der Waals surface area contributed by atoms with Crippen molar-refractivity contribution in [1.82, 2.24) is 0 Å². The highest BCUT2D eigenvalue weighted by Gasteiger charge is 2.14. The molecule has 21 heavy (non-hydrogen) atoms. The molecule has 5 heteroatoms. The molecular weight excluding hydrogens is 266 g/mol. The summed E-state index contributed by atoms with van der Waals surface area (Å²) < 4.78 is 0. The number of hydrogen-bond acceptors (Lipinski definition) is 3. The van der Waals surface area contributed by atoms with E-state index >= 15 is 0 Å². The molecule has 5 nitrogen and oxygen atoms in total. The van der Waals surface area contributed by atoms with E-state index < -0.39 is 11.8 Å². The molecule has 2 aromatic carbocycles. The minimum atomic E-state index is -0.784. The van der Waals surface area contributed by atoms with Crippen LogP contribution in [0.3, 0.4) is 0 Å². The molecule has 0 spiro atoms. The van der Waals surface area contributed by atoms with E-state index in [1.54, 1.807) is 30.3 Å². The Kier molecular flexibility index (Phi) is 4.32. The number of aryl methyl sites for hydroxylation is 1. The average Bonchev–Trinajstić information content (AvgIpc) is 2.49. The van der Waals surface area contributed by atoms with E-state index in [4.69, 9.17) is 5.26 Å². The highest BCUT2D eigenvalue weighted by Crippen LogP contribution is 2.13. The van der Waals surface area contributed by atoms with Gasteiger partial charge < -0.3 is 10.6 Å². The van der Waals surface area contributed by atoms with E-state index in [2.05, 4.69) is 10.6 Å². The van der Waals surface area contributed by atoms with Gasteiger partial charge in [0.1, 0.15) is 0 Å². The summed E-state index contributed by atoms with van der Waals surface area (Å²) in [4.78, 5) is 23.7. The Bertz CT molecular complexity index is 732. The summed E-state index contributed by atoms with van der Waals surface area (Å²) >= 11 is 0. The molecule has 0 saturated carbocycles. The SMILES string of the molecule is Cc1ccccc1NC(=O)C(=O)Nc1cccc(C#N)c1. The first-order chi connectivity index (χ1) is 10.1. The summed E-state index contributed by atoms with van der Waals surface area (Å²) in [7, 11) is 0. The summed E-state index contributed by atoms with van der Waals surface area (Å²) in [5.41, 5.74) is 2.26. The fourth-order valence-electron chi connectivity index (χ4n) is 1.75. The number of hydrogen-bond donors (Lipinski definition) is 2. The molecule has 0 unspecified atom stereocenters. The number of benzene rings is 2. The predicted molar refractivity (Wildman–Crippen MR) is 79.6 cm³/mol. The van der Waals surface area contributed by atoms with Gasteiger partial charge in [0.15, 0.2) is 0 Å². The number of nitriles is 1. The first-order valence-electron chi connectivity index (χ1n) is 6.28. The van der Waals surface area contributed by atoms with Gasteiger partial charge in [0.2, 0.25) is 0 Å². The van der Waals surface area contributed by atoms with Gasteiger partial charge in [-0.15, -0.1) is 0 Å². The second-order valence-electron chi connectivity index (χ2n) is 4.42. The maximum atomic E-state index is 11.8. The van der Waals surface area contributed by atoms with Crippen LogP contribution in [-0.4, -0.2) is 11.8 Å². The van der Waals surface area contributed by atoms with Crippen molar-refractivity contribution in [2.24, 2.45) is 0 Å². The number of nitrogens with one attached hydrogen (secondary N) is 2. The Hall–Kier alpha value is -3.13. The molecule has 0 radical (unpaired) electrons. The van der Waals surface area contributed by atoms with Crippen LogP contribution in [0.1, 0.15) is 11.1 Å². The highest BCUT2D eigenvalue weighted by molar-refractivity contribution is 6.43. The summed E-state index contributed by atoms with van der Waals surface area (Å²) in [6.45, 7) is 1.84. The van der Waals surface area contributed by atoms with Gasteiger partial charge in [-0.25, -0.2) is 0 Å². The van der Waals surface area contributed by atoms with E-state index in [-0.39, 0.29) is 0 Å². The van der Waals surface area contributed by atoms with Crippen LogP contribution in [0.2, 0.25) is 0 Å². The molecule has 0 atom stereocenters. The number of nitrogens with zero attached hydrogens (tertiary/aromatic N) is 1. The van der Waals surface area contributed by atoms with Crippen molar-refractivity contribution in [2.45, 2.75) is 6.92 Å². The predicted octanol–water partition coefficient (Wildman–Crippen LogP) is 2.44. The maximum Gasteiger partial charge on any atom is 0.314 e. The topological polar surface area (TPSA) is 82.0 Å². The minimum Gasteiger partial charge on any atom is -0.318 e. The van der Waals surface area contributed by atoms with Gasteiger partial charge in [-0.3, -0.25) is 9.59 Å². The number of carbonyl (C=O) groups is 2. The van der Waals surface area contributed by atoms with Gasteiger partial charge in [-0.05, 0) is 36.8 Å². The highest BCUT2D eigenvalue weighted by atomic mass is 16.2. The zero-order valence-corrected chi connectivity index (χ0v) is 11.4. The summed E-state index contributed by atoms with van der Waals surface area (Å²) in [5, 5.41) is 13.8. The third-order valence-electron chi connectivity index (χ3n) is 2.85. The third kappa shape index (κ3) is 3.67. The van der Waals surface area contributed by atoms with Crippen LogP contribution in [0, 0.1) is 18.3 Å². The molecule has 0 aliphatic rings. The molecule has 0 saturated heterocycles. The molecule has 104 valence electrons. The van der Waals surface area contributed by atoms with Gasteiger partial charge in [0.05, 0.1) is 11.6 Å². The Balaban J connectivity index is 2.05. The van der Waals surface area contributed by atoms with Crippen molar-refractivity contribution >= 4 is 23.2 Å². The van der Waals surface area contributed by atoms with Crippen LogP contribution < -0.4 is 10.6 Å². The summed E-state index contributed by atoms with van der Waals surface area (Å²) in [5.74, 6) is -1.54. The molecule has 0 aromatic heterocycles. The molecule has 0 bridgehead atoms. The number of para-hydroxylation sites is 1. The van der Waals surface area contributed by atoms with Crippen molar-refractivity contribution in [3.05, 3.63) is 59.7 Å². The molecule has 2 rings (SSSR count). The monoisotopic (exact) mass is 279 g/mol. The molecule has 0 aliphatic carbocycles. The van der Waals surface area contributed by atoms with Crippen molar-refractivity contribution < 1.29 is 9.59 Å². The molecule has 0 aliphatic heterocycles. The van der Waals surface area contributed by atoms with Crippen molar-refractivity contribution in [1.29, 1.82) is 5.26 Å². The lowest BCUT2D eigenvalue weighted by Crippen LogP contribution is -2.29. The zero-order chi connectivity index (χ0) is 15.2. The van der Waals surface area contributed by atoms with Gasteiger partial charge in [0, 0.05) is 11.4 Å². The van der Waals surface area contributed by atoms with Crippen LogP contribution in [0.15, 0.2) is 48.5 Å². The van der Waals surface area contributed by atoms with Crippen LogP contribution in [-0.2, 0) is 9.59 Å². The lowest BCUT2D eigenvalue weighted by molar-refractivity contribution is -0.133. The number of rotatable bonds is 2. The number of anilines is 2. The van der Waals surface area contributed by atoms with E-state index in [9.17, 15) is 9.59 Å². The van der Waals surface area contributed by atoms with Crippen molar-refractivity contribution in [3.63, 3.8) is 0 Å². The quantitative estimate of drug-likeness (QED) is 0.828. The first-order valence-corrected chi connectivity index (χ1v) is 6.28. The normalized spacial score (nSPS) is 9.52. The van der Waals surface area contributed by atoms with E-state index in [1.807, 2.05) is 25.1 Å². The van der Waals surface area contributed by atoms with Crippen LogP contribution in [0.4, 0.5) is 11.4 Å². The zero-order valence-electron chi connectivity index (χ0n) is 11.4. The van der Waals surface area contributed by atoms with Gasteiger partial charge in [0.25, 0.3) is 0 Å². The third-order valence-corrected chi connectivity index (χ3v) is 2.85. The standard InChI is InChI=1S/C16H13N3O2/c1-11-5-2-3-8-14(11)19-16(21)15(20)18-13-7-4-6-12(9-13)10-17/h2-9H,1H3,(H,18,20)(H,19,21). The van der Waals surface area contributed by atoms with Gasteiger partial charge >= 0.3 is 11.8 Å². The molecule has 2 amide bonds. The van der Waals surface area contributed by atoms with Crippen molar-refractivity contribution in [3.8, 4) is 6.07 Å². The number of amides is 2. The Morgan fingerprint density at radius 3 is 2.43 bits per heavy atom. The first kappa shape index (κ1) is 14.3. The summed E-state index contributed by atoms with van der Waals surface area (Å²) in [6.07, 6.45) is 0. The lowest BCUT2D eigenvalue weighted by Gasteiger charge is -2.08. The van der Waals surface area contributed by atoms with E-state index in [0.29, 0.717) is 16.9 Å². The smallest absolute Gasteiger partial charge is 0.314 e. The maximum absolute atomic E-state index is 11.8. The summed E-state index contributed by atoms with van der Waals surface area (Å²) in [6, 6.07) is 15.5. The molecular formula is C16H13N3O2. The Morgan fingerprint density at radius 1 is 1.00 bits per heavy atom. The van der Waals surface area contributed by atoms with E-state index in [1.165, 1.54) is 6.07 Å². The van der Waals surface area contributed by atoms with Gasteiger partial charge in [-0.1, -0.05) is 24.3 Å².